The molecule has 1 aliphatic heterocycles. The number of Topliss-reactive ketones (excluding diaryl/α,β-unsaturated/α-hetero) is 1. The molecule has 0 spiro atoms. The molecule has 1 N–H and O–H groups in total. The van der Waals surface area contributed by atoms with E-state index < -0.39 is 5.82 Å². The van der Waals surface area contributed by atoms with E-state index in [2.05, 4.69) is 15.1 Å². The molecule has 0 unspecified atom stereocenters. The van der Waals surface area contributed by atoms with E-state index in [1.807, 2.05) is 6.07 Å². The second kappa shape index (κ2) is 8.75. The Kier molecular flexibility index (Phi) is 5.90. The Hall–Kier alpha value is -3.06. The lowest BCUT2D eigenvalue weighted by molar-refractivity contribution is 0.0811. The van der Waals surface area contributed by atoms with Crippen LogP contribution in [0, 0.1) is 17.6 Å². The van der Waals surface area contributed by atoms with Crippen LogP contribution >= 0.6 is 0 Å². The van der Waals surface area contributed by atoms with Gasteiger partial charge in [0.25, 0.3) is 0 Å². The zero-order chi connectivity index (χ0) is 21.1. The van der Waals surface area contributed by atoms with Gasteiger partial charge in [-0.15, -0.1) is 0 Å². The molecule has 1 aliphatic rings. The highest BCUT2D eigenvalue weighted by Crippen LogP contribution is 2.27. The molecular formula is C23H23F2N3O2. The van der Waals surface area contributed by atoms with Crippen molar-refractivity contribution in [2.75, 3.05) is 20.2 Å². The molecule has 0 saturated carbocycles. The monoisotopic (exact) mass is 411 g/mol. The zero-order valence-corrected chi connectivity index (χ0v) is 16.7. The smallest absolute Gasteiger partial charge is 0.167 e. The summed E-state index contributed by atoms with van der Waals surface area (Å²) in [5.74, 6) is -0.964. The van der Waals surface area contributed by atoms with Gasteiger partial charge in [-0.25, -0.2) is 8.78 Å². The summed E-state index contributed by atoms with van der Waals surface area (Å²) < 4.78 is 32.6. The van der Waals surface area contributed by atoms with E-state index in [4.69, 9.17) is 4.74 Å². The maximum absolute atomic E-state index is 14.0. The molecule has 0 aliphatic carbocycles. The molecule has 7 heteroatoms. The summed E-state index contributed by atoms with van der Waals surface area (Å²) in [6.45, 7) is 2.04. The molecule has 1 aromatic heterocycles. The molecule has 1 fully saturated rings. The largest absolute Gasteiger partial charge is 0.494 e. The molecule has 1 saturated heterocycles. The van der Waals surface area contributed by atoms with Crippen molar-refractivity contribution in [3.63, 3.8) is 0 Å². The van der Waals surface area contributed by atoms with Crippen molar-refractivity contribution >= 4 is 5.78 Å². The average Bonchev–Trinajstić information content (AvgIpc) is 3.21. The number of nitrogens with zero attached hydrogens (tertiary/aromatic N) is 2. The first-order valence-electron chi connectivity index (χ1n) is 9.93. The number of aromatic amines is 1. The number of benzene rings is 2. The average molecular weight is 411 g/mol. The quantitative estimate of drug-likeness (QED) is 0.609. The van der Waals surface area contributed by atoms with Crippen LogP contribution in [0.25, 0.3) is 11.3 Å². The number of piperidine rings is 1. The standard InChI is InChI=1S/C23H23F2N3O2/c1-30-21-8-7-16(11-20(21)25)23(29)17-5-3-9-28(13-17)14-18-12-26-27-22(18)15-4-2-6-19(24)10-15/h2,4,6-8,10-12,17H,3,5,9,13-14H2,1H3,(H,26,27)/t17-/m0/s1. The van der Waals surface area contributed by atoms with Crippen LogP contribution in [0.3, 0.4) is 0 Å². The summed E-state index contributed by atoms with van der Waals surface area (Å²) in [6.07, 6.45) is 3.39. The van der Waals surface area contributed by atoms with Crippen LogP contribution < -0.4 is 4.74 Å². The van der Waals surface area contributed by atoms with Crippen LogP contribution in [0.15, 0.2) is 48.7 Å². The van der Waals surface area contributed by atoms with Crippen LogP contribution in [-0.4, -0.2) is 41.1 Å². The number of carbonyl (C=O) groups is 1. The Bertz CT molecular complexity index is 1050. The Morgan fingerprint density at radius 3 is 2.90 bits per heavy atom. The number of ketones is 1. The highest BCUT2D eigenvalue weighted by Gasteiger charge is 2.28. The van der Waals surface area contributed by atoms with E-state index in [1.165, 1.54) is 31.4 Å². The molecule has 4 rings (SSSR count). The number of rotatable bonds is 6. The van der Waals surface area contributed by atoms with Crippen molar-refractivity contribution in [2.45, 2.75) is 19.4 Å². The Balaban J connectivity index is 1.47. The van der Waals surface area contributed by atoms with E-state index in [-0.39, 0.29) is 23.3 Å². The number of ether oxygens (including phenoxy) is 1. The number of carbonyl (C=O) groups excluding carboxylic acids is 1. The number of H-pyrrole nitrogens is 1. The van der Waals surface area contributed by atoms with Gasteiger partial charge in [0.05, 0.1) is 19.0 Å². The number of halogens is 2. The van der Waals surface area contributed by atoms with E-state index in [9.17, 15) is 13.6 Å². The van der Waals surface area contributed by atoms with Gasteiger partial charge in [-0.1, -0.05) is 12.1 Å². The van der Waals surface area contributed by atoms with Crippen molar-refractivity contribution in [3.8, 4) is 17.0 Å². The topological polar surface area (TPSA) is 58.2 Å². The summed E-state index contributed by atoms with van der Waals surface area (Å²) >= 11 is 0. The Labute approximate surface area is 173 Å². The molecular weight excluding hydrogens is 388 g/mol. The summed E-state index contributed by atoms with van der Waals surface area (Å²) in [7, 11) is 1.40. The predicted molar refractivity (Wildman–Crippen MR) is 109 cm³/mol. The molecule has 1 atom stereocenters. The van der Waals surface area contributed by atoms with Crippen molar-refractivity contribution in [1.82, 2.24) is 15.1 Å². The fourth-order valence-corrected chi connectivity index (χ4v) is 4.03. The van der Waals surface area contributed by atoms with E-state index in [0.717, 1.165) is 36.2 Å². The fraction of sp³-hybridized carbons (Fsp3) is 0.304. The molecule has 0 amide bonds. The van der Waals surface area contributed by atoms with Crippen molar-refractivity contribution in [3.05, 3.63) is 71.4 Å². The van der Waals surface area contributed by atoms with E-state index >= 15 is 0 Å². The lowest BCUT2D eigenvalue weighted by Crippen LogP contribution is -2.38. The van der Waals surface area contributed by atoms with Gasteiger partial charge in [0.1, 0.15) is 5.82 Å². The van der Waals surface area contributed by atoms with Gasteiger partial charge >= 0.3 is 0 Å². The van der Waals surface area contributed by atoms with Crippen LogP contribution in [0.4, 0.5) is 8.78 Å². The number of hydrogen-bond donors (Lipinski definition) is 1. The Morgan fingerprint density at radius 2 is 2.13 bits per heavy atom. The van der Waals surface area contributed by atoms with Gasteiger partial charge < -0.3 is 4.74 Å². The normalized spacial score (nSPS) is 17.1. The highest BCUT2D eigenvalue weighted by molar-refractivity contribution is 5.98. The van der Waals surface area contributed by atoms with Crippen LogP contribution in [0.5, 0.6) is 5.75 Å². The maximum Gasteiger partial charge on any atom is 0.167 e. The van der Waals surface area contributed by atoms with Gasteiger partial charge in [0, 0.05) is 35.7 Å². The third-order valence-electron chi connectivity index (χ3n) is 5.54. The maximum atomic E-state index is 14.0. The number of methoxy groups -OCH3 is 1. The third kappa shape index (κ3) is 4.26. The minimum absolute atomic E-state index is 0.0567. The first-order valence-corrected chi connectivity index (χ1v) is 9.93. The third-order valence-corrected chi connectivity index (χ3v) is 5.54. The van der Waals surface area contributed by atoms with Gasteiger partial charge in [-0.05, 0) is 49.7 Å². The first-order chi connectivity index (χ1) is 14.5. The molecule has 5 nitrogen and oxygen atoms in total. The van der Waals surface area contributed by atoms with Gasteiger partial charge in [-0.2, -0.15) is 5.10 Å². The molecule has 0 radical (unpaired) electrons. The molecule has 2 aromatic carbocycles. The summed E-state index contributed by atoms with van der Waals surface area (Å²) in [4.78, 5) is 15.1. The lowest BCUT2D eigenvalue weighted by Gasteiger charge is -2.32. The fourth-order valence-electron chi connectivity index (χ4n) is 4.03. The first kappa shape index (κ1) is 20.2. The van der Waals surface area contributed by atoms with Gasteiger partial charge in [0.2, 0.25) is 0 Å². The van der Waals surface area contributed by atoms with Crippen LogP contribution in [0.1, 0.15) is 28.8 Å². The minimum atomic E-state index is -0.533. The highest BCUT2D eigenvalue weighted by atomic mass is 19.1. The zero-order valence-electron chi connectivity index (χ0n) is 16.7. The summed E-state index contributed by atoms with van der Waals surface area (Å²) in [5.41, 5.74) is 2.83. The molecule has 2 heterocycles. The molecule has 30 heavy (non-hydrogen) atoms. The lowest BCUT2D eigenvalue weighted by atomic mass is 9.89. The Morgan fingerprint density at radius 1 is 1.27 bits per heavy atom. The molecule has 156 valence electrons. The van der Waals surface area contributed by atoms with Crippen molar-refractivity contribution < 1.29 is 18.3 Å². The molecule has 3 aromatic rings. The number of aromatic nitrogens is 2. The van der Waals surface area contributed by atoms with E-state index in [1.54, 1.807) is 18.3 Å². The summed E-state index contributed by atoms with van der Waals surface area (Å²) in [5, 5.41) is 7.08. The summed E-state index contributed by atoms with van der Waals surface area (Å²) in [6, 6.07) is 10.7. The van der Waals surface area contributed by atoms with Gasteiger partial charge in [-0.3, -0.25) is 14.8 Å². The predicted octanol–water partition coefficient (Wildman–Crippen LogP) is 4.46. The molecule has 0 bridgehead atoms. The van der Waals surface area contributed by atoms with E-state index in [0.29, 0.717) is 18.7 Å². The van der Waals surface area contributed by atoms with Crippen molar-refractivity contribution in [1.29, 1.82) is 0 Å². The second-order valence-electron chi connectivity index (χ2n) is 7.57. The van der Waals surface area contributed by atoms with Crippen molar-refractivity contribution in [2.24, 2.45) is 5.92 Å². The van der Waals surface area contributed by atoms with Crippen LogP contribution in [-0.2, 0) is 6.54 Å². The number of nitrogens with one attached hydrogen (secondary N) is 1. The number of hydrogen-bond acceptors (Lipinski definition) is 4. The SMILES string of the molecule is COc1ccc(C(=O)[C@H]2CCCN(Cc3cn[nH]c3-c3cccc(F)c3)C2)cc1F. The number of likely N-dealkylation sites (tertiary alicyclic amines) is 1. The van der Waals surface area contributed by atoms with Gasteiger partial charge in [0.15, 0.2) is 17.3 Å². The second-order valence-corrected chi connectivity index (χ2v) is 7.57. The minimum Gasteiger partial charge on any atom is -0.494 e. The van der Waals surface area contributed by atoms with Crippen LogP contribution in [0.2, 0.25) is 0 Å².